The lowest BCUT2D eigenvalue weighted by Crippen LogP contribution is -2.41. The molecule has 8 nitrogen and oxygen atoms in total. The minimum atomic E-state index is -0.795. The molecule has 0 saturated carbocycles. The molecule has 26 heavy (non-hydrogen) atoms. The van der Waals surface area contributed by atoms with Crippen molar-refractivity contribution in [3.05, 3.63) is 48.2 Å². The number of anilines is 2. The van der Waals surface area contributed by atoms with Crippen LogP contribution < -0.4 is 20.7 Å². The van der Waals surface area contributed by atoms with E-state index in [2.05, 4.69) is 20.9 Å². The molecule has 1 aliphatic heterocycles. The summed E-state index contributed by atoms with van der Waals surface area (Å²) < 4.78 is 5.08. The quantitative estimate of drug-likeness (QED) is 0.755. The summed E-state index contributed by atoms with van der Waals surface area (Å²) in [6.07, 6.45) is 1.77. The van der Waals surface area contributed by atoms with E-state index < -0.39 is 6.04 Å². The van der Waals surface area contributed by atoms with Crippen molar-refractivity contribution in [1.82, 2.24) is 10.3 Å². The van der Waals surface area contributed by atoms with E-state index in [0.29, 0.717) is 22.8 Å². The first-order chi connectivity index (χ1) is 12.6. The molecule has 0 saturated heterocycles. The van der Waals surface area contributed by atoms with Gasteiger partial charge in [0.25, 0.3) is 5.91 Å². The number of carbonyl (C=O) groups is 3. The van der Waals surface area contributed by atoms with E-state index in [1.807, 2.05) is 0 Å². The van der Waals surface area contributed by atoms with Gasteiger partial charge >= 0.3 is 0 Å². The summed E-state index contributed by atoms with van der Waals surface area (Å²) in [6, 6.07) is 9.30. The maximum Gasteiger partial charge on any atom is 0.254 e. The Kier molecular flexibility index (Phi) is 5.12. The predicted molar refractivity (Wildman–Crippen MR) is 95.0 cm³/mol. The molecular weight excluding hydrogens is 336 g/mol. The standard InChI is InChI=1S/C18H18N4O4/c1-26-18-14(7-4-10-19-18)20-15(23)9-8-13-17(25)21-12-6-3-2-5-11(12)16(24)22-13/h2-7,10,13H,8-9H2,1H3,(H,20,23)(H,21,25)(H,22,24). The molecule has 1 aromatic carbocycles. The monoisotopic (exact) mass is 354 g/mol. The van der Waals surface area contributed by atoms with Crippen LogP contribution in [-0.4, -0.2) is 35.9 Å². The number of nitrogens with zero attached hydrogens (tertiary/aromatic N) is 1. The molecule has 1 aliphatic rings. The summed E-state index contributed by atoms with van der Waals surface area (Å²) >= 11 is 0. The number of para-hydroxylation sites is 1. The second-order valence-electron chi connectivity index (χ2n) is 5.71. The first kappa shape index (κ1) is 17.4. The van der Waals surface area contributed by atoms with E-state index in [-0.39, 0.29) is 30.6 Å². The molecule has 8 heteroatoms. The molecule has 3 amide bonds. The Balaban J connectivity index is 1.62. The number of carbonyl (C=O) groups excluding carboxylic acids is 3. The fraction of sp³-hybridized carbons (Fsp3) is 0.222. The number of aromatic nitrogens is 1. The van der Waals surface area contributed by atoms with E-state index in [0.717, 1.165) is 0 Å². The van der Waals surface area contributed by atoms with Crippen LogP contribution in [0.1, 0.15) is 23.2 Å². The number of nitrogens with one attached hydrogen (secondary N) is 3. The molecule has 3 rings (SSSR count). The number of rotatable bonds is 5. The molecule has 3 N–H and O–H groups in total. The van der Waals surface area contributed by atoms with Gasteiger partial charge in [0.15, 0.2) is 0 Å². The number of hydrogen-bond donors (Lipinski definition) is 3. The molecule has 2 heterocycles. The smallest absolute Gasteiger partial charge is 0.254 e. The summed E-state index contributed by atoms with van der Waals surface area (Å²) in [4.78, 5) is 40.7. The molecule has 2 aromatic rings. The van der Waals surface area contributed by atoms with E-state index in [4.69, 9.17) is 4.74 Å². The van der Waals surface area contributed by atoms with Crippen molar-refractivity contribution in [2.24, 2.45) is 0 Å². The maximum absolute atomic E-state index is 12.3. The lowest BCUT2D eigenvalue weighted by atomic mass is 10.1. The van der Waals surface area contributed by atoms with Crippen LogP contribution in [0, 0.1) is 0 Å². The number of pyridine rings is 1. The highest BCUT2D eigenvalue weighted by Gasteiger charge is 2.27. The SMILES string of the molecule is COc1ncccc1NC(=O)CCC1NC(=O)c2ccccc2NC1=O. The fourth-order valence-corrected chi connectivity index (χ4v) is 2.65. The molecule has 134 valence electrons. The van der Waals surface area contributed by atoms with Crippen LogP contribution in [0.2, 0.25) is 0 Å². The number of hydrogen-bond acceptors (Lipinski definition) is 5. The van der Waals surface area contributed by atoms with Gasteiger partial charge in [-0.1, -0.05) is 12.1 Å². The summed E-state index contributed by atoms with van der Waals surface area (Å²) in [5, 5.41) is 8.06. The Bertz CT molecular complexity index is 853. The van der Waals surface area contributed by atoms with Gasteiger partial charge in [-0.25, -0.2) is 4.98 Å². The second kappa shape index (κ2) is 7.64. The van der Waals surface area contributed by atoms with Gasteiger partial charge < -0.3 is 20.7 Å². The predicted octanol–water partition coefficient (Wildman–Crippen LogP) is 1.56. The van der Waals surface area contributed by atoms with Gasteiger partial charge in [-0.05, 0) is 30.7 Å². The Hall–Kier alpha value is -3.42. The van der Waals surface area contributed by atoms with Gasteiger partial charge in [0.1, 0.15) is 11.7 Å². The lowest BCUT2D eigenvalue weighted by molar-refractivity contribution is -0.118. The van der Waals surface area contributed by atoms with Crippen molar-refractivity contribution in [3.8, 4) is 5.88 Å². The van der Waals surface area contributed by atoms with Crippen LogP contribution >= 0.6 is 0 Å². The van der Waals surface area contributed by atoms with Crippen molar-refractivity contribution < 1.29 is 19.1 Å². The van der Waals surface area contributed by atoms with Crippen LogP contribution in [0.4, 0.5) is 11.4 Å². The first-order valence-electron chi connectivity index (χ1n) is 8.08. The second-order valence-corrected chi connectivity index (χ2v) is 5.71. The van der Waals surface area contributed by atoms with E-state index >= 15 is 0 Å². The Morgan fingerprint density at radius 2 is 2.04 bits per heavy atom. The zero-order valence-corrected chi connectivity index (χ0v) is 14.1. The summed E-state index contributed by atoms with van der Waals surface area (Å²) in [6.45, 7) is 0. The number of ether oxygens (including phenoxy) is 1. The number of fused-ring (bicyclic) bond motifs is 1. The molecule has 1 atom stereocenters. The molecule has 0 aliphatic carbocycles. The van der Waals surface area contributed by atoms with Crippen molar-refractivity contribution in [1.29, 1.82) is 0 Å². The summed E-state index contributed by atoms with van der Waals surface area (Å²) in [7, 11) is 1.46. The van der Waals surface area contributed by atoms with Gasteiger partial charge in [0.05, 0.1) is 18.4 Å². The number of amides is 3. The van der Waals surface area contributed by atoms with Crippen molar-refractivity contribution in [2.45, 2.75) is 18.9 Å². The van der Waals surface area contributed by atoms with Crippen LogP contribution in [-0.2, 0) is 9.59 Å². The lowest BCUT2D eigenvalue weighted by Gasteiger charge is -2.14. The van der Waals surface area contributed by atoms with Crippen LogP contribution in [0.15, 0.2) is 42.6 Å². The first-order valence-corrected chi connectivity index (χ1v) is 8.08. The minimum absolute atomic E-state index is 0.0484. The molecule has 1 aromatic heterocycles. The highest BCUT2D eigenvalue weighted by Crippen LogP contribution is 2.21. The van der Waals surface area contributed by atoms with Crippen molar-refractivity contribution >= 4 is 29.1 Å². The molecular formula is C18H18N4O4. The molecule has 1 unspecified atom stereocenters. The third kappa shape index (κ3) is 3.80. The van der Waals surface area contributed by atoms with Crippen molar-refractivity contribution in [3.63, 3.8) is 0 Å². The van der Waals surface area contributed by atoms with Gasteiger partial charge in [0, 0.05) is 12.6 Å². The molecule has 0 spiro atoms. The summed E-state index contributed by atoms with van der Waals surface area (Å²) in [5.41, 5.74) is 1.30. The summed E-state index contributed by atoms with van der Waals surface area (Å²) in [5.74, 6) is -0.703. The Morgan fingerprint density at radius 3 is 2.85 bits per heavy atom. The van der Waals surface area contributed by atoms with Crippen LogP contribution in [0.5, 0.6) is 5.88 Å². The third-order valence-corrected chi connectivity index (χ3v) is 3.95. The van der Waals surface area contributed by atoms with Gasteiger partial charge in [-0.2, -0.15) is 0 Å². The fourth-order valence-electron chi connectivity index (χ4n) is 2.65. The number of methoxy groups -OCH3 is 1. The third-order valence-electron chi connectivity index (χ3n) is 3.95. The highest BCUT2D eigenvalue weighted by molar-refractivity contribution is 6.10. The zero-order chi connectivity index (χ0) is 18.5. The zero-order valence-electron chi connectivity index (χ0n) is 14.1. The van der Waals surface area contributed by atoms with E-state index in [1.54, 1.807) is 42.6 Å². The van der Waals surface area contributed by atoms with Crippen LogP contribution in [0.3, 0.4) is 0 Å². The Labute approximate surface area is 150 Å². The topological polar surface area (TPSA) is 109 Å². The van der Waals surface area contributed by atoms with Gasteiger partial charge in [0.2, 0.25) is 17.7 Å². The molecule has 0 radical (unpaired) electrons. The molecule has 0 bridgehead atoms. The number of benzene rings is 1. The Morgan fingerprint density at radius 1 is 1.23 bits per heavy atom. The van der Waals surface area contributed by atoms with Crippen molar-refractivity contribution in [2.75, 3.05) is 17.7 Å². The average molecular weight is 354 g/mol. The maximum atomic E-state index is 12.3. The highest BCUT2D eigenvalue weighted by atomic mass is 16.5. The van der Waals surface area contributed by atoms with E-state index in [1.165, 1.54) is 7.11 Å². The normalized spacial score (nSPS) is 16.0. The van der Waals surface area contributed by atoms with Gasteiger partial charge in [-0.15, -0.1) is 0 Å². The minimum Gasteiger partial charge on any atom is -0.480 e. The molecule has 0 fully saturated rings. The van der Waals surface area contributed by atoms with Gasteiger partial charge in [-0.3, -0.25) is 14.4 Å². The largest absolute Gasteiger partial charge is 0.480 e. The van der Waals surface area contributed by atoms with Crippen LogP contribution in [0.25, 0.3) is 0 Å². The average Bonchev–Trinajstić information content (AvgIpc) is 2.77. The van der Waals surface area contributed by atoms with E-state index in [9.17, 15) is 14.4 Å².